The van der Waals surface area contributed by atoms with E-state index in [0.29, 0.717) is 5.69 Å². The molecule has 0 saturated carbocycles. The van der Waals surface area contributed by atoms with Crippen molar-refractivity contribution >= 4 is 41.6 Å². The van der Waals surface area contributed by atoms with E-state index < -0.39 is 47.9 Å². The third kappa shape index (κ3) is 4.73. The number of carbonyl (C=O) groups is 3. The molecule has 2 aromatic rings. The van der Waals surface area contributed by atoms with Gasteiger partial charge >= 0.3 is 185 Å². The number of amides is 1. The Morgan fingerprint density at radius 2 is 1.92 bits per heavy atom. The number of carbonyl (C=O) groups excluding carboxylic acids is 3. The van der Waals surface area contributed by atoms with E-state index in [0.717, 1.165) is 12.1 Å². The van der Waals surface area contributed by atoms with Gasteiger partial charge in [-0.05, 0) is 20.8 Å². The minimum absolute atomic E-state index is 0.0238. The van der Waals surface area contributed by atoms with Gasteiger partial charge in [-0.15, -0.1) is 0 Å². The van der Waals surface area contributed by atoms with Crippen LogP contribution in [0.2, 0.25) is 0 Å². The quantitative estimate of drug-likeness (QED) is 0.405. The average Bonchev–Trinajstić information content (AvgIpc) is 3.09. The van der Waals surface area contributed by atoms with Gasteiger partial charge in [0.05, 0.1) is 0 Å². The first kappa shape index (κ1) is 26.1. The van der Waals surface area contributed by atoms with Crippen LogP contribution in [-0.2, 0) is 14.3 Å². The number of ether oxygens (including phenoxy) is 3. The Labute approximate surface area is 206 Å². The van der Waals surface area contributed by atoms with Crippen molar-refractivity contribution in [1.29, 1.82) is 0 Å². The number of methoxy groups -OCH3 is 1. The van der Waals surface area contributed by atoms with Crippen molar-refractivity contribution in [3.8, 4) is 5.75 Å². The van der Waals surface area contributed by atoms with Gasteiger partial charge in [0.15, 0.2) is 0 Å². The number of rotatable bonds is 2. The monoisotopic (exact) mass is 528 g/mol. The maximum atomic E-state index is 14.1. The smallest absolute Gasteiger partial charge is 0.0253 e. The molecule has 196 valence electrons. The fraction of sp³-hybridized carbons (Fsp3) is 0.500. The van der Waals surface area contributed by atoms with Crippen LogP contribution in [0.4, 0.5) is 17.4 Å². The summed E-state index contributed by atoms with van der Waals surface area (Å²) >= 11 is 0. The van der Waals surface area contributed by atoms with Crippen LogP contribution in [0.5, 0.6) is 5.75 Å². The van der Waals surface area contributed by atoms with Crippen LogP contribution in [0.15, 0.2) is 18.2 Å². The fourth-order valence-electron chi connectivity index (χ4n) is 4.70. The predicted molar refractivity (Wildman–Crippen MR) is 128 cm³/mol. The van der Waals surface area contributed by atoms with Crippen molar-refractivity contribution in [3.63, 3.8) is 0 Å². The zero-order chi connectivity index (χ0) is 26.9. The Kier molecular flexibility index (Phi) is 5.83. The molecule has 12 heteroatoms. The third-order valence-corrected chi connectivity index (χ3v) is 7.61. The van der Waals surface area contributed by atoms with Crippen LogP contribution in [0.1, 0.15) is 49.7 Å². The van der Waals surface area contributed by atoms with Gasteiger partial charge in [0.1, 0.15) is 0 Å². The van der Waals surface area contributed by atoms with Crippen LogP contribution >= 0.6 is 7.54 Å². The van der Waals surface area contributed by atoms with Crippen molar-refractivity contribution in [2.45, 2.75) is 57.8 Å². The van der Waals surface area contributed by atoms with E-state index >= 15 is 0 Å². The molecule has 0 aliphatic carbocycles. The summed E-state index contributed by atoms with van der Waals surface area (Å²) in [6.07, 6.45) is -1.06. The Balaban J connectivity index is 1.79. The van der Waals surface area contributed by atoms with Crippen molar-refractivity contribution in [2.75, 3.05) is 20.3 Å². The number of esters is 1. The summed E-state index contributed by atoms with van der Waals surface area (Å²) in [6.45, 7) is 6.76. The van der Waals surface area contributed by atoms with Crippen LogP contribution in [0.3, 0.4) is 0 Å². The van der Waals surface area contributed by atoms with E-state index in [4.69, 9.17) is 14.2 Å². The molecule has 1 spiro atoms. The van der Waals surface area contributed by atoms with E-state index in [2.05, 4.69) is 4.98 Å². The Morgan fingerprint density at radius 3 is 2.50 bits per heavy atom. The summed E-state index contributed by atoms with van der Waals surface area (Å²) in [5, 5.41) is -0.736. The molecule has 1 aromatic carbocycles. The Bertz CT molecular complexity index is 1290. The zero-order valence-corrected chi connectivity index (χ0v) is 21.8. The summed E-state index contributed by atoms with van der Waals surface area (Å²) in [5.41, 5.74) is -1.54. The van der Waals surface area contributed by atoms with Crippen molar-refractivity contribution < 1.29 is 41.2 Å². The minimum Gasteiger partial charge on any atom is -0.0253 e. The third-order valence-electron chi connectivity index (χ3n) is 6.23. The summed E-state index contributed by atoms with van der Waals surface area (Å²) in [5.74, 6) is -1.09. The summed E-state index contributed by atoms with van der Waals surface area (Å²) in [4.78, 5) is 44.4. The fourth-order valence-corrected chi connectivity index (χ4v) is 5.49. The van der Waals surface area contributed by atoms with Gasteiger partial charge in [-0.25, -0.2) is 0 Å². The SMILES string of the molecule is COC(=O)[C@@H]1CC2(CC(=O)c3c(c(C)nc4ccc(P(C)(F)(F)F)cc34)O2)CN1C(=O)OC(C)(C)C. The molecule has 1 saturated heterocycles. The number of fused-ring (bicyclic) bond motifs is 3. The first-order valence-electron chi connectivity index (χ1n) is 11.3. The maximum absolute atomic E-state index is 14.1. The Morgan fingerprint density at radius 1 is 1.25 bits per heavy atom. The number of Topliss-reactive ketones (excluding diaryl/α,β-unsaturated/α-hetero) is 1. The number of aryl methyl sites for hydroxylation is 1. The molecule has 8 nitrogen and oxygen atoms in total. The molecule has 1 amide bonds. The van der Waals surface area contributed by atoms with Crippen molar-refractivity contribution in [1.82, 2.24) is 9.88 Å². The van der Waals surface area contributed by atoms with Gasteiger partial charge in [-0.2, -0.15) is 0 Å². The number of likely N-dealkylation sites (tertiary alicyclic amines) is 1. The van der Waals surface area contributed by atoms with E-state index in [1.54, 1.807) is 27.7 Å². The van der Waals surface area contributed by atoms with Crippen LogP contribution in [0, 0.1) is 6.92 Å². The standard InChI is InChI=1S/C24H28F3N2O6P/c1-13-20-19(15-9-14(36(6,25,26)27)7-8-16(15)28-13)18(30)11-24(34-20)10-17(21(31)33-5)29(12-24)22(32)35-23(2,3)4/h7-9,17H,10-12H2,1-6H3/t17-,24?/m0/s1. The zero-order valence-electron chi connectivity index (χ0n) is 20.9. The molecular formula is C24H28F3N2O6P. The molecule has 0 bridgehead atoms. The van der Waals surface area contributed by atoms with Crippen molar-refractivity contribution in [3.05, 3.63) is 29.5 Å². The molecule has 3 heterocycles. The van der Waals surface area contributed by atoms with E-state index in [-0.39, 0.29) is 48.3 Å². The Hall–Kier alpha value is -2.94. The number of aromatic nitrogens is 1. The summed E-state index contributed by atoms with van der Waals surface area (Å²) in [6, 6.07) is 2.13. The number of benzene rings is 1. The van der Waals surface area contributed by atoms with Gasteiger partial charge in [0, 0.05) is 0 Å². The van der Waals surface area contributed by atoms with Gasteiger partial charge in [-0.3, -0.25) is 0 Å². The molecule has 1 unspecified atom stereocenters. The number of hydrogen-bond donors (Lipinski definition) is 0. The van der Waals surface area contributed by atoms with Crippen LogP contribution in [-0.4, -0.2) is 65.3 Å². The second-order valence-corrected chi connectivity index (χ2v) is 13.4. The van der Waals surface area contributed by atoms with E-state index in [1.165, 1.54) is 18.1 Å². The molecule has 0 radical (unpaired) electrons. The molecule has 36 heavy (non-hydrogen) atoms. The topological polar surface area (TPSA) is 95.0 Å². The van der Waals surface area contributed by atoms with Gasteiger partial charge in [0.2, 0.25) is 0 Å². The van der Waals surface area contributed by atoms with Crippen molar-refractivity contribution in [2.24, 2.45) is 0 Å². The molecule has 0 N–H and O–H groups in total. The molecule has 1 fully saturated rings. The number of halogens is 3. The average molecular weight is 528 g/mol. The first-order valence-corrected chi connectivity index (χ1v) is 13.7. The second kappa shape index (κ2) is 8.03. The molecule has 1 aromatic heterocycles. The normalized spacial score (nSPS) is 23.1. The molecular weight excluding hydrogens is 500 g/mol. The number of hydrogen-bond acceptors (Lipinski definition) is 7. The summed E-state index contributed by atoms with van der Waals surface area (Å²) in [7, 11) is -5.41. The van der Waals surface area contributed by atoms with Crippen LogP contribution < -0.4 is 10.0 Å². The van der Waals surface area contributed by atoms with E-state index in [1.807, 2.05) is 0 Å². The first-order chi connectivity index (χ1) is 16.4. The summed E-state index contributed by atoms with van der Waals surface area (Å²) < 4.78 is 59.0. The number of nitrogens with zero attached hydrogens (tertiary/aromatic N) is 2. The number of ketones is 1. The minimum atomic E-state index is -6.60. The van der Waals surface area contributed by atoms with Gasteiger partial charge < -0.3 is 0 Å². The predicted octanol–water partition coefficient (Wildman–Crippen LogP) is 4.89. The second-order valence-electron chi connectivity index (χ2n) is 10.5. The number of pyridine rings is 1. The van der Waals surface area contributed by atoms with Gasteiger partial charge in [0.25, 0.3) is 0 Å². The van der Waals surface area contributed by atoms with Gasteiger partial charge in [-0.1, -0.05) is 0 Å². The van der Waals surface area contributed by atoms with Crippen LogP contribution in [0.25, 0.3) is 10.9 Å². The molecule has 4 rings (SSSR count). The molecule has 2 aliphatic rings. The molecule has 2 aliphatic heterocycles. The van der Waals surface area contributed by atoms with E-state index in [9.17, 15) is 27.0 Å². The molecule has 2 atom stereocenters.